The number of amides is 1. The van der Waals surface area contributed by atoms with E-state index in [-0.39, 0.29) is 24.6 Å². The summed E-state index contributed by atoms with van der Waals surface area (Å²) in [5.41, 5.74) is 1.66. The first-order valence-corrected chi connectivity index (χ1v) is 9.85. The zero-order valence-electron chi connectivity index (χ0n) is 16.9. The van der Waals surface area contributed by atoms with Gasteiger partial charge in [0.15, 0.2) is 0 Å². The van der Waals surface area contributed by atoms with Crippen molar-refractivity contribution in [2.45, 2.75) is 13.1 Å². The van der Waals surface area contributed by atoms with Gasteiger partial charge in [-0.3, -0.25) is 19.6 Å². The minimum absolute atomic E-state index is 0.109. The second-order valence-electron chi connectivity index (χ2n) is 7.19. The normalized spacial score (nSPS) is 10.7. The predicted molar refractivity (Wildman–Crippen MR) is 117 cm³/mol. The third-order valence-corrected chi connectivity index (χ3v) is 4.91. The topological polar surface area (TPSA) is 98.9 Å². The van der Waals surface area contributed by atoms with Gasteiger partial charge in [0.05, 0.1) is 0 Å². The number of aromatic nitrogens is 3. The summed E-state index contributed by atoms with van der Waals surface area (Å²) in [5.74, 6) is -0.852. The number of rotatable bonds is 6. The number of nitrogens with zero attached hydrogens (tertiary/aromatic N) is 2. The molecule has 8 heteroatoms. The summed E-state index contributed by atoms with van der Waals surface area (Å²) in [7, 11) is 0. The van der Waals surface area contributed by atoms with Crippen LogP contribution in [-0.2, 0) is 13.1 Å². The molecule has 7 nitrogen and oxygen atoms in total. The lowest BCUT2D eigenvalue weighted by atomic mass is 10.0. The van der Waals surface area contributed by atoms with Crippen molar-refractivity contribution in [2.24, 2.45) is 0 Å². The highest BCUT2D eigenvalue weighted by Gasteiger charge is 2.20. The standard InChI is InChI=1S/C24H19FN4O3/c25-19-8-6-17(7-9-19)20-10-11-26-13-18(20)15-29(14-16-4-2-1-3-5-16)23(31)21-12-22(30)28-24(32)27-21/h1-13H,14-15H2,(H2,27,28,30,32). The highest BCUT2D eigenvalue weighted by atomic mass is 19.1. The Morgan fingerprint density at radius 3 is 2.41 bits per heavy atom. The van der Waals surface area contributed by atoms with Gasteiger partial charge in [-0.25, -0.2) is 9.18 Å². The van der Waals surface area contributed by atoms with Crippen LogP contribution in [0.5, 0.6) is 0 Å². The second-order valence-corrected chi connectivity index (χ2v) is 7.19. The summed E-state index contributed by atoms with van der Waals surface area (Å²) in [5, 5.41) is 0. The molecule has 32 heavy (non-hydrogen) atoms. The van der Waals surface area contributed by atoms with Crippen molar-refractivity contribution in [2.75, 3.05) is 0 Å². The van der Waals surface area contributed by atoms with E-state index in [1.54, 1.807) is 30.6 Å². The van der Waals surface area contributed by atoms with E-state index in [0.29, 0.717) is 0 Å². The van der Waals surface area contributed by atoms with E-state index in [1.807, 2.05) is 30.3 Å². The molecule has 0 aliphatic carbocycles. The molecule has 4 rings (SSSR count). The van der Waals surface area contributed by atoms with Crippen molar-refractivity contribution >= 4 is 5.91 Å². The minimum atomic E-state index is -0.756. The van der Waals surface area contributed by atoms with Gasteiger partial charge in [-0.05, 0) is 40.5 Å². The van der Waals surface area contributed by atoms with E-state index < -0.39 is 17.2 Å². The number of benzene rings is 2. The highest BCUT2D eigenvalue weighted by molar-refractivity contribution is 5.92. The fourth-order valence-corrected chi connectivity index (χ4v) is 3.43. The summed E-state index contributed by atoms with van der Waals surface area (Å²) in [6.45, 7) is 0.398. The first kappa shape index (κ1) is 20.9. The van der Waals surface area contributed by atoms with Gasteiger partial charge in [0.25, 0.3) is 11.5 Å². The molecule has 160 valence electrons. The number of hydrogen-bond donors (Lipinski definition) is 2. The van der Waals surface area contributed by atoms with Gasteiger partial charge in [0.2, 0.25) is 0 Å². The van der Waals surface area contributed by atoms with Gasteiger partial charge in [-0.15, -0.1) is 0 Å². The molecule has 2 aromatic carbocycles. The van der Waals surface area contributed by atoms with Crippen molar-refractivity contribution in [3.63, 3.8) is 0 Å². The molecule has 2 N–H and O–H groups in total. The van der Waals surface area contributed by atoms with Crippen molar-refractivity contribution < 1.29 is 9.18 Å². The van der Waals surface area contributed by atoms with Gasteiger partial charge >= 0.3 is 5.69 Å². The molecule has 0 aliphatic heterocycles. The Hall–Kier alpha value is -4.33. The van der Waals surface area contributed by atoms with Crippen LogP contribution in [-0.4, -0.2) is 25.8 Å². The minimum Gasteiger partial charge on any atom is -0.329 e. The molecule has 0 radical (unpaired) electrons. The Morgan fingerprint density at radius 1 is 0.938 bits per heavy atom. The maximum absolute atomic E-state index is 13.4. The second kappa shape index (κ2) is 9.22. The van der Waals surface area contributed by atoms with Crippen LogP contribution in [0.15, 0.2) is 88.7 Å². The monoisotopic (exact) mass is 430 g/mol. The van der Waals surface area contributed by atoms with Gasteiger partial charge in [0.1, 0.15) is 11.5 Å². The van der Waals surface area contributed by atoms with Crippen LogP contribution in [0, 0.1) is 5.82 Å². The molecule has 4 aromatic rings. The Kier molecular flexibility index (Phi) is 6.03. The number of aromatic amines is 2. The third kappa shape index (κ3) is 4.86. The molecule has 0 saturated carbocycles. The molecule has 0 bridgehead atoms. The number of H-pyrrole nitrogens is 2. The molecule has 1 amide bonds. The van der Waals surface area contributed by atoms with Crippen LogP contribution in [0.4, 0.5) is 4.39 Å². The summed E-state index contributed by atoms with van der Waals surface area (Å²) in [4.78, 5) is 46.9. The smallest absolute Gasteiger partial charge is 0.326 e. The first-order chi connectivity index (χ1) is 15.5. The highest BCUT2D eigenvalue weighted by Crippen LogP contribution is 2.25. The zero-order valence-corrected chi connectivity index (χ0v) is 16.9. The third-order valence-electron chi connectivity index (χ3n) is 4.91. The number of pyridine rings is 1. The summed E-state index contributed by atoms with van der Waals surface area (Å²) in [6, 6.07) is 18.3. The fraction of sp³-hybridized carbons (Fsp3) is 0.0833. The quantitative estimate of drug-likeness (QED) is 0.491. The number of carbonyl (C=O) groups excluding carboxylic acids is 1. The Labute approximate surface area is 182 Å². The fourth-order valence-electron chi connectivity index (χ4n) is 3.43. The lowest BCUT2D eigenvalue weighted by molar-refractivity contribution is 0.0723. The van der Waals surface area contributed by atoms with Gasteiger partial charge in [-0.1, -0.05) is 42.5 Å². The largest absolute Gasteiger partial charge is 0.329 e. The van der Waals surface area contributed by atoms with Crippen molar-refractivity contribution in [1.82, 2.24) is 19.9 Å². The van der Waals surface area contributed by atoms with Gasteiger partial charge < -0.3 is 9.88 Å². The Bertz CT molecular complexity index is 1320. The van der Waals surface area contributed by atoms with Crippen molar-refractivity contribution in [3.8, 4) is 11.1 Å². The summed E-state index contributed by atoms with van der Waals surface area (Å²) >= 11 is 0. The molecule has 0 fully saturated rings. The van der Waals surface area contributed by atoms with E-state index in [4.69, 9.17) is 0 Å². The zero-order chi connectivity index (χ0) is 22.5. The van der Waals surface area contributed by atoms with Crippen molar-refractivity contribution in [1.29, 1.82) is 0 Å². The maximum Gasteiger partial charge on any atom is 0.326 e. The van der Waals surface area contributed by atoms with Gasteiger partial charge in [-0.2, -0.15) is 0 Å². The average molecular weight is 430 g/mol. The molecule has 0 spiro atoms. The first-order valence-electron chi connectivity index (χ1n) is 9.85. The molecular formula is C24H19FN4O3. The molecule has 0 saturated heterocycles. The summed E-state index contributed by atoms with van der Waals surface area (Å²) < 4.78 is 13.4. The van der Waals surface area contributed by atoms with E-state index in [1.165, 1.54) is 17.0 Å². The maximum atomic E-state index is 13.4. The van der Waals surface area contributed by atoms with E-state index >= 15 is 0 Å². The average Bonchev–Trinajstić information content (AvgIpc) is 2.79. The molecular weight excluding hydrogens is 411 g/mol. The number of hydrogen-bond acceptors (Lipinski definition) is 4. The van der Waals surface area contributed by atoms with Gasteiger partial charge in [0, 0.05) is 31.5 Å². The van der Waals surface area contributed by atoms with Crippen LogP contribution >= 0.6 is 0 Å². The molecule has 0 unspecified atom stereocenters. The lowest BCUT2D eigenvalue weighted by Crippen LogP contribution is -2.34. The van der Waals surface area contributed by atoms with E-state index in [0.717, 1.165) is 28.3 Å². The molecule has 0 aliphatic rings. The van der Waals surface area contributed by atoms with E-state index in [2.05, 4.69) is 15.0 Å². The van der Waals surface area contributed by atoms with Crippen molar-refractivity contribution in [3.05, 3.63) is 123 Å². The van der Waals surface area contributed by atoms with E-state index in [9.17, 15) is 18.8 Å². The number of carbonyl (C=O) groups is 1. The molecule has 2 aromatic heterocycles. The number of halogens is 1. The van der Waals surface area contributed by atoms with Crippen LogP contribution in [0.2, 0.25) is 0 Å². The Morgan fingerprint density at radius 2 is 1.69 bits per heavy atom. The molecule has 2 heterocycles. The van der Waals surface area contributed by atoms with Crippen LogP contribution in [0.25, 0.3) is 11.1 Å². The molecule has 0 atom stereocenters. The predicted octanol–water partition coefficient (Wildman–Crippen LogP) is 3.11. The van der Waals surface area contributed by atoms with Crippen LogP contribution in [0.3, 0.4) is 0 Å². The van der Waals surface area contributed by atoms with Crippen LogP contribution < -0.4 is 11.2 Å². The lowest BCUT2D eigenvalue weighted by Gasteiger charge is -2.24. The van der Waals surface area contributed by atoms with Crippen LogP contribution in [0.1, 0.15) is 21.6 Å². The SMILES string of the molecule is O=C(c1cc(=O)[nH]c(=O)[nH]1)N(Cc1ccccc1)Cc1cnccc1-c1ccc(F)cc1. The summed E-state index contributed by atoms with van der Waals surface area (Å²) in [6.07, 6.45) is 3.27. The Balaban J connectivity index is 1.73. The number of nitrogens with one attached hydrogen (secondary N) is 2.